The van der Waals surface area contributed by atoms with Gasteiger partial charge < -0.3 is 10.6 Å². The fourth-order valence-electron chi connectivity index (χ4n) is 3.66. The Morgan fingerprint density at radius 2 is 1.85 bits per heavy atom. The highest BCUT2D eigenvalue weighted by Gasteiger charge is 2.29. The zero-order valence-electron chi connectivity index (χ0n) is 19.4. The van der Waals surface area contributed by atoms with E-state index in [1.807, 2.05) is 27.7 Å². The second kappa shape index (κ2) is 9.43. The third kappa shape index (κ3) is 4.74. The second-order valence-electron chi connectivity index (χ2n) is 8.81. The Morgan fingerprint density at radius 3 is 2.45 bits per heavy atom. The Kier molecular flexibility index (Phi) is 6.85. The van der Waals surface area contributed by atoms with Gasteiger partial charge in [-0.05, 0) is 30.9 Å². The van der Waals surface area contributed by atoms with Crippen LogP contribution >= 0.6 is 0 Å². The number of anilines is 2. The number of carbonyl (C=O) groups excluding carboxylic acids is 1. The van der Waals surface area contributed by atoms with E-state index in [1.54, 1.807) is 25.1 Å². The molecule has 0 saturated heterocycles. The van der Waals surface area contributed by atoms with E-state index in [4.69, 9.17) is 5.73 Å². The summed E-state index contributed by atoms with van der Waals surface area (Å²) < 4.78 is 16.9. The first kappa shape index (κ1) is 24.0. The number of aromatic amines is 1. The highest BCUT2D eigenvalue weighted by molar-refractivity contribution is 6.07. The van der Waals surface area contributed by atoms with Crippen LogP contribution in [0.25, 0.3) is 5.69 Å². The van der Waals surface area contributed by atoms with Gasteiger partial charge in [-0.1, -0.05) is 39.8 Å². The maximum atomic E-state index is 14.3. The Bertz CT molecular complexity index is 1290. The predicted octanol–water partition coefficient (Wildman–Crippen LogP) is 2.71. The summed E-state index contributed by atoms with van der Waals surface area (Å²) >= 11 is 0. The fourth-order valence-corrected chi connectivity index (χ4v) is 3.66. The van der Waals surface area contributed by atoms with E-state index in [2.05, 4.69) is 10.1 Å². The summed E-state index contributed by atoms with van der Waals surface area (Å²) in [6, 6.07) is 6.10. The molecule has 2 aromatic heterocycles. The number of carbonyl (C=O) groups is 1. The molecule has 0 saturated carbocycles. The number of rotatable bonds is 7. The lowest BCUT2D eigenvalue weighted by atomic mass is 10.1. The number of hydrogen-bond acceptors (Lipinski definition) is 5. The molecular weight excluding hydrogens is 427 g/mol. The molecule has 33 heavy (non-hydrogen) atoms. The lowest BCUT2D eigenvalue weighted by molar-refractivity contribution is 0.0983. The Balaban J connectivity index is 2.15. The molecular formula is C23H29FN6O3. The number of nitrogens with zero attached hydrogens (tertiary/aromatic N) is 4. The van der Waals surface area contributed by atoms with Gasteiger partial charge in [0.25, 0.3) is 11.5 Å². The second-order valence-corrected chi connectivity index (χ2v) is 8.81. The van der Waals surface area contributed by atoms with E-state index in [0.29, 0.717) is 5.69 Å². The SMILES string of the molecule is Cc1c(C(=O)N(CC(C)C)c2c(N)n(CC(C)C)c(=O)[nH]c2=O)cnn1-c1ccccc1F. The van der Waals surface area contributed by atoms with Gasteiger partial charge in [0.05, 0.1) is 17.5 Å². The van der Waals surface area contributed by atoms with E-state index in [9.17, 15) is 18.8 Å². The average molecular weight is 457 g/mol. The molecule has 0 atom stereocenters. The summed E-state index contributed by atoms with van der Waals surface area (Å²) in [5, 5.41) is 4.20. The van der Waals surface area contributed by atoms with Gasteiger partial charge in [-0.15, -0.1) is 0 Å². The number of amides is 1. The molecule has 0 unspecified atom stereocenters. The van der Waals surface area contributed by atoms with Crippen LogP contribution in [0.15, 0.2) is 40.1 Å². The number of hydrogen-bond donors (Lipinski definition) is 2. The molecule has 0 aliphatic rings. The first-order chi connectivity index (χ1) is 15.5. The highest BCUT2D eigenvalue weighted by Crippen LogP contribution is 2.24. The molecule has 0 spiro atoms. The maximum absolute atomic E-state index is 14.3. The Morgan fingerprint density at radius 1 is 1.18 bits per heavy atom. The molecule has 3 N–H and O–H groups in total. The van der Waals surface area contributed by atoms with Crippen LogP contribution in [0.5, 0.6) is 0 Å². The zero-order chi connectivity index (χ0) is 24.4. The minimum atomic E-state index is -0.745. The molecule has 10 heteroatoms. The molecule has 176 valence electrons. The number of para-hydroxylation sites is 1. The Labute approximate surface area is 190 Å². The molecule has 2 heterocycles. The number of nitrogens with one attached hydrogen (secondary N) is 1. The minimum Gasteiger partial charge on any atom is -0.383 e. The van der Waals surface area contributed by atoms with Crippen molar-refractivity contribution in [1.29, 1.82) is 0 Å². The van der Waals surface area contributed by atoms with Crippen LogP contribution in [0.2, 0.25) is 0 Å². The normalized spacial score (nSPS) is 11.4. The van der Waals surface area contributed by atoms with Gasteiger partial charge in [0.2, 0.25) is 0 Å². The van der Waals surface area contributed by atoms with E-state index < -0.39 is 23.0 Å². The topological polar surface area (TPSA) is 119 Å². The van der Waals surface area contributed by atoms with Crippen molar-refractivity contribution in [1.82, 2.24) is 19.3 Å². The minimum absolute atomic E-state index is 0.0138. The van der Waals surface area contributed by atoms with Crippen molar-refractivity contribution in [2.75, 3.05) is 17.2 Å². The summed E-state index contributed by atoms with van der Waals surface area (Å²) in [6.45, 7) is 9.71. The van der Waals surface area contributed by atoms with Gasteiger partial charge >= 0.3 is 5.69 Å². The third-order valence-corrected chi connectivity index (χ3v) is 5.15. The Hall–Kier alpha value is -3.69. The van der Waals surface area contributed by atoms with Crippen LogP contribution in [0.3, 0.4) is 0 Å². The van der Waals surface area contributed by atoms with Crippen LogP contribution in [0, 0.1) is 24.6 Å². The van der Waals surface area contributed by atoms with Gasteiger partial charge in [-0.25, -0.2) is 13.9 Å². The van der Waals surface area contributed by atoms with Crippen LogP contribution in [-0.4, -0.2) is 31.8 Å². The molecule has 0 bridgehead atoms. The van der Waals surface area contributed by atoms with Gasteiger partial charge in [0, 0.05) is 13.1 Å². The summed E-state index contributed by atoms with van der Waals surface area (Å²) in [6.07, 6.45) is 1.34. The van der Waals surface area contributed by atoms with E-state index in [-0.39, 0.29) is 47.7 Å². The van der Waals surface area contributed by atoms with Crippen LogP contribution in [0.1, 0.15) is 43.7 Å². The molecule has 0 aliphatic carbocycles. The smallest absolute Gasteiger partial charge is 0.330 e. The quantitative estimate of drug-likeness (QED) is 0.567. The van der Waals surface area contributed by atoms with Crippen LogP contribution < -0.4 is 21.9 Å². The van der Waals surface area contributed by atoms with Gasteiger partial charge in [-0.3, -0.25) is 19.1 Å². The maximum Gasteiger partial charge on any atom is 0.330 e. The van der Waals surface area contributed by atoms with Crippen molar-refractivity contribution < 1.29 is 9.18 Å². The lowest BCUT2D eigenvalue weighted by Gasteiger charge is -2.26. The molecule has 1 aromatic carbocycles. The van der Waals surface area contributed by atoms with Gasteiger partial charge in [0.1, 0.15) is 17.3 Å². The monoisotopic (exact) mass is 456 g/mol. The third-order valence-electron chi connectivity index (χ3n) is 5.15. The van der Waals surface area contributed by atoms with Crippen LogP contribution in [0.4, 0.5) is 15.9 Å². The number of benzene rings is 1. The largest absolute Gasteiger partial charge is 0.383 e. The molecule has 0 radical (unpaired) electrons. The molecule has 9 nitrogen and oxygen atoms in total. The molecule has 3 rings (SSSR count). The van der Waals surface area contributed by atoms with Crippen molar-refractivity contribution >= 4 is 17.4 Å². The van der Waals surface area contributed by atoms with E-state index in [1.165, 1.54) is 26.4 Å². The average Bonchev–Trinajstić information content (AvgIpc) is 3.10. The van der Waals surface area contributed by atoms with Crippen molar-refractivity contribution in [3.8, 4) is 5.69 Å². The van der Waals surface area contributed by atoms with Crippen molar-refractivity contribution in [3.63, 3.8) is 0 Å². The highest BCUT2D eigenvalue weighted by atomic mass is 19.1. The molecule has 0 fully saturated rings. The zero-order valence-corrected chi connectivity index (χ0v) is 19.4. The molecule has 3 aromatic rings. The first-order valence-electron chi connectivity index (χ1n) is 10.8. The van der Waals surface area contributed by atoms with Crippen molar-refractivity contribution in [2.24, 2.45) is 11.8 Å². The lowest BCUT2D eigenvalue weighted by Crippen LogP contribution is -2.43. The fraction of sp³-hybridized carbons (Fsp3) is 0.391. The number of nitrogen functional groups attached to an aromatic ring is 1. The van der Waals surface area contributed by atoms with E-state index in [0.717, 1.165) is 0 Å². The van der Waals surface area contributed by atoms with Crippen molar-refractivity contribution in [3.05, 3.63) is 68.4 Å². The summed E-state index contributed by atoms with van der Waals surface area (Å²) in [5.41, 5.74) is 5.60. The molecule has 1 amide bonds. The number of H-pyrrole nitrogens is 1. The van der Waals surface area contributed by atoms with E-state index >= 15 is 0 Å². The summed E-state index contributed by atoms with van der Waals surface area (Å²) in [5.74, 6) is -1.01. The molecule has 0 aliphatic heterocycles. The predicted molar refractivity (Wildman–Crippen MR) is 125 cm³/mol. The number of aromatic nitrogens is 4. The number of halogens is 1. The van der Waals surface area contributed by atoms with Gasteiger partial charge in [0.15, 0.2) is 5.69 Å². The van der Waals surface area contributed by atoms with Gasteiger partial charge in [-0.2, -0.15) is 5.10 Å². The van der Waals surface area contributed by atoms with Crippen molar-refractivity contribution in [2.45, 2.75) is 41.2 Å². The van der Waals surface area contributed by atoms with Crippen LogP contribution in [-0.2, 0) is 6.54 Å². The number of nitrogens with two attached hydrogens (primary N) is 1. The summed E-state index contributed by atoms with van der Waals surface area (Å²) in [7, 11) is 0. The summed E-state index contributed by atoms with van der Waals surface area (Å²) in [4.78, 5) is 42.3. The standard InChI is InChI=1S/C23H29FN6O3/c1-13(2)11-28(19-20(25)29(12-14(3)4)23(33)27-21(19)31)22(32)16-10-26-30(15(16)5)18-9-7-6-8-17(18)24/h6-10,13-14H,11-12,25H2,1-5H3,(H,27,31,33). The first-order valence-corrected chi connectivity index (χ1v) is 10.8.